The number of benzene rings is 1. The van der Waals surface area contributed by atoms with E-state index in [1.807, 2.05) is 0 Å². The Balaban J connectivity index is 3.03. The van der Waals surface area contributed by atoms with Crippen molar-refractivity contribution in [1.29, 1.82) is 5.26 Å². The van der Waals surface area contributed by atoms with Crippen LogP contribution in [0.25, 0.3) is 0 Å². The van der Waals surface area contributed by atoms with E-state index in [2.05, 4.69) is 51.1 Å². The molecule has 0 fully saturated rings. The third kappa shape index (κ3) is 3.33. The molecule has 1 atom stereocenters. The first-order chi connectivity index (χ1) is 8.18. The molecule has 0 spiro atoms. The second kappa shape index (κ2) is 6.45. The van der Waals surface area contributed by atoms with Crippen LogP contribution in [-0.4, -0.2) is 0 Å². The Kier molecular flexibility index (Phi) is 5.22. The summed E-state index contributed by atoms with van der Waals surface area (Å²) in [4.78, 5) is 0. The maximum absolute atomic E-state index is 9.61. The molecular weight excluding hydrogens is 206 g/mol. The summed E-state index contributed by atoms with van der Waals surface area (Å²) in [6.45, 7) is 6.43. The molecule has 17 heavy (non-hydrogen) atoms. The van der Waals surface area contributed by atoms with Crippen molar-refractivity contribution in [3.63, 3.8) is 0 Å². The summed E-state index contributed by atoms with van der Waals surface area (Å²) < 4.78 is 0. The molecular formula is C16H23N. The third-order valence-corrected chi connectivity index (χ3v) is 3.45. The van der Waals surface area contributed by atoms with Crippen molar-refractivity contribution in [2.45, 2.75) is 58.3 Å². The minimum Gasteiger partial charge on any atom is -0.197 e. The lowest BCUT2D eigenvalue weighted by Gasteiger charge is -2.27. The van der Waals surface area contributed by atoms with Gasteiger partial charge in [-0.3, -0.25) is 0 Å². The predicted octanol–water partition coefficient (Wildman–Crippen LogP) is 4.75. The van der Waals surface area contributed by atoms with Crippen LogP contribution < -0.4 is 0 Å². The van der Waals surface area contributed by atoms with Crippen LogP contribution in [0.15, 0.2) is 24.3 Å². The maximum Gasteiger partial charge on any atom is 0.0822 e. The highest BCUT2D eigenvalue weighted by Gasteiger charge is 2.30. The Hall–Kier alpha value is -1.29. The zero-order chi connectivity index (χ0) is 12.7. The summed E-state index contributed by atoms with van der Waals surface area (Å²) in [5, 5.41) is 9.61. The number of hydrogen-bond donors (Lipinski definition) is 0. The van der Waals surface area contributed by atoms with E-state index >= 15 is 0 Å². The van der Waals surface area contributed by atoms with Gasteiger partial charge < -0.3 is 0 Å². The van der Waals surface area contributed by atoms with E-state index in [9.17, 15) is 5.26 Å². The predicted molar refractivity (Wildman–Crippen MR) is 72.9 cm³/mol. The number of unbranched alkanes of at least 4 members (excludes halogenated alkanes) is 1. The third-order valence-electron chi connectivity index (χ3n) is 3.45. The van der Waals surface area contributed by atoms with Crippen LogP contribution in [-0.2, 0) is 5.41 Å². The largest absolute Gasteiger partial charge is 0.197 e. The van der Waals surface area contributed by atoms with Gasteiger partial charge in [-0.05, 0) is 25.3 Å². The lowest BCUT2D eigenvalue weighted by Crippen LogP contribution is -2.24. The lowest BCUT2D eigenvalue weighted by molar-refractivity contribution is 0.441. The first kappa shape index (κ1) is 13.8. The molecule has 0 bridgehead atoms. The molecule has 1 nitrogen and oxygen atoms in total. The molecule has 0 aromatic heterocycles. The highest BCUT2D eigenvalue weighted by molar-refractivity contribution is 5.34. The highest BCUT2D eigenvalue weighted by Crippen LogP contribution is 2.34. The zero-order valence-electron chi connectivity index (χ0n) is 11.3. The van der Waals surface area contributed by atoms with Gasteiger partial charge in [0, 0.05) is 0 Å². The van der Waals surface area contributed by atoms with Gasteiger partial charge >= 0.3 is 0 Å². The van der Waals surface area contributed by atoms with Crippen LogP contribution >= 0.6 is 0 Å². The van der Waals surface area contributed by atoms with E-state index < -0.39 is 0 Å². The average molecular weight is 229 g/mol. The molecule has 1 heteroatoms. The topological polar surface area (TPSA) is 23.8 Å². The van der Waals surface area contributed by atoms with Gasteiger partial charge in [0.25, 0.3) is 0 Å². The van der Waals surface area contributed by atoms with Crippen molar-refractivity contribution in [3.05, 3.63) is 35.4 Å². The Bertz CT molecular complexity index is 372. The van der Waals surface area contributed by atoms with E-state index in [4.69, 9.17) is 0 Å². The molecule has 1 aromatic rings. The van der Waals surface area contributed by atoms with Crippen LogP contribution in [0.2, 0.25) is 0 Å². The van der Waals surface area contributed by atoms with Gasteiger partial charge in [-0.2, -0.15) is 5.26 Å². The first-order valence-electron chi connectivity index (χ1n) is 6.67. The zero-order valence-corrected chi connectivity index (χ0v) is 11.3. The van der Waals surface area contributed by atoms with Gasteiger partial charge in [0.1, 0.15) is 0 Å². The van der Waals surface area contributed by atoms with E-state index in [1.54, 1.807) is 0 Å². The molecule has 0 radical (unpaired) electrons. The van der Waals surface area contributed by atoms with Crippen molar-refractivity contribution in [1.82, 2.24) is 0 Å². The lowest BCUT2D eigenvalue weighted by atomic mass is 9.74. The second-order valence-electron chi connectivity index (χ2n) is 4.91. The Morgan fingerprint density at radius 2 is 1.71 bits per heavy atom. The standard InChI is InChI=1S/C16H23N/c1-4-6-12-16(13-17,11-5-2)15-9-7-14(3)8-10-15/h7-10H,4-6,11-12H2,1-3H3. The molecule has 0 aliphatic heterocycles. The Labute approximate surface area is 105 Å². The van der Waals surface area contributed by atoms with Gasteiger partial charge in [0.2, 0.25) is 0 Å². The van der Waals surface area contributed by atoms with Crippen molar-refractivity contribution >= 4 is 0 Å². The number of hydrogen-bond acceptors (Lipinski definition) is 1. The molecule has 0 N–H and O–H groups in total. The second-order valence-corrected chi connectivity index (χ2v) is 4.91. The number of aryl methyl sites for hydroxylation is 1. The molecule has 0 aliphatic rings. The molecule has 0 amide bonds. The number of nitrogens with zero attached hydrogens (tertiary/aromatic N) is 1. The Morgan fingerprint density at radius 1 is 1.06 bits per heavy atom. The van der Waals surface area contributed by atoms with Crippen LogP contribution in [0, 0.1) is 18.3 Å². The molecule has 1 unspecified atom stereocenters. The highest BCUT2D eigenvalue weighted by atomic mass is 14.4. The fourth-order valence-electron chi connectivity index (χ4n) is 2.37. The smallest absolute Gasteiger partial charge is 0.0822 e. The van der Waals surface area contributed by atoms with Gasteiger partial charge in [-0.25, -0.2) is 0 Å². The average Bonchev–Trinajstić information content (AvgIpc) is 2.36. The molecule has 1 aromatic carbocycles. The van der Waals surface area contributed by atoms with Crippen LogP contribution in [0.1, 0.15) is 57.1 Å². The summed E-state index contributed by atoms with van der Waals surface area (Å²) in [5.74, 6) is 0. The monoisotopic (exact) mass is 229 g/mol. The Morgan fingerprint density at radius 3 is 2.18 bits per heavy atom. The van der Waals surface area contributed by atoms with Gasteiger partial charge in [-0.15, -0.1) is 0 Å². The number of nitriles is 1. The van der Waals surface area contributed by atoms with Crippen LogP contribution in [0.5, 0.6) is 0 Å². The first-order valence-corrected chi connectivity index (χ1v) is 6.67. The van der Waals surface area contributed by atoms with E-state index in [-0.39, 0.29) is 5.41 Å². The maximum atomic E-state index is 9.61. The van der Waals surface area contributed by atoms with Crippen molar-refractivity contribution in [2.24, 2.45) is 0 Å². The molecule has 0 saturated carbocycles. The summed E-state index contributed by atoms with van der Waals surface area (Å²) in [6.07, 6.45) is 5.29. The summed E-state index contributed by atoms with van der Waals surface area (Å²) >= 11 is 0. The summed E-state index contributed by atoms with van der Waals surface area (Å²) in [6, 6.07) is 11.1. The van der Waals surface area contributed by atoms with Gasteiger partial charge in [-0.1, -0.05) is 62.9 Å². The number of rotatable bonds is 6. The normalized spacial score (nSPS) is 14.0. The van der Waals surface area contributed by atoms with Crippen LogP contribution in [0.3, 0.4) is 0 Å². The molecule has 0 heterocycles. The summed E-state index contributed by atoms with van der Waals surface area (Å²) in [5.41, 5.74) is 2.19. The fourth-order valence-corrected chi connectivity index (χ4v) is 2.37. The van der Waals surface area contributed by atoms with E-state index in [0.29, 0.717) is 0 Å². The van der Waals surface area contributed by atoms with Crippen molar-refractivity contribution in [3.8, 4) is 6.07 Å². The molecule has 1 rings (SSSR count). The van der Waals surface area contributed by atoms with Gasteiger partial charge in [0.05, 0.1) is 11.5 Å². The minimum absolute atomic E-state index is 0.265. The fraction of sp³-hybridized carbons (Fsp3) is 0.562. The van der Waals surface area contributed by atoms with E-state index in [1.165, 1.54) is 11.1 Å². The van der Waals surface area contributed by atoms with Gasteiger partial charge in [0.15, 0.2) is 0 Å². The molecule has 0 saturated heterocycles. The SMILES string of the molecule is CCCCC(C#N)(CCC)c1ccc(C)cc1. The van der Waals surface area contributed by atoms with Crippen molar-refractivity contribution < 1.29 is 0 Å². The summed E-state index contributed by atoms with van der Waals surface area (Å²) in [7, 11) is 0. The van der Waals surface area contributed by atoms with Crippen LogP contribution in [0.4, 0.5) is 0 Å². The van der Waals surface area contributed by atoms with E-state index in [0.717, 1.165) is 32.1 Å². The quantitative estimate of drug-likeness (QED) is 0.690. The minimum atomic E-state index is -0.265. The molecule has 92 valence electrons. The van der Waals surface area contributed by atoms with Crippen molar-refractivity contribution in [2.75, 3.05) is 0 Å². The molecule has 0 aliphatic carbocycles.